The molecule has 3 N–H and O–H groups in total. The van der Waals surface area contributed by atoms with Gasteiger partial charge >= 0.3 is 5.97 Å². The van der Waals surface area contributed by atoms with Crippen LogP contribution in [0.2, 0.25) is 0 Å². The summed E-state index contributed by atoms with van der Waals surface area (Å²) in [6.07, 6.45) is 66.6. The van der Waals surface area contributed by atoms with Gasteiger partial charge in [-0.3, -0.25) is 9.59 Å². The second-order valence-corrected chi connectivity index (χ2v) is 13.2. The van der Waals surface area contributed by atoms with Crippen molar-refractivity contribution in [2.24, 2.45) is 0 Å². The second kappa shape index (κ2) is 43.0. The van der Waals surface area contributed by atoms with Crippen LogP contribution in [0.15, 0.2) is 146 Å². The van der Waals surface area contributed by atoms with Crippen molar-refractivity contribution >= 4 is 17.8 Å². The summed E-state index contributed by atoms with van der Waals surface area (Å²) in [6, 6.07) is -0.920. The third-order valence-electron chi connectivity index (χ3n) is 8.14. The van der Waals surface area contributed by atoms with Crippen molar-refractivity contribution in [3.8, 4) is 0 Å². The molecule has 6 nitrogen and oxygen atoms in total. The van der Waals surface area contributed by atoms with Gasteiger partial charge in [0.2, 0.25) is 11.8 Å². The Morgan fingerprint density at radius 3 is 1.05 bits per heavy atom. The average Bonchev–Trinajstić information content (AvgIpc) is 3.19. The molecule has 56 heavy (non-hydrogen) atoms. The molecule has 0 aliphatic carbocycles. The largest absolute Gasteiger partial charge is 0.480 e. The molecule has 0 saturated heterocycles. The van der Waals surface area contributed by atoms with Crippen LogP contribution < -0.4 is 10.6 Å². The topological polar surface area (TPSA) is 95.5 Å². The van der Waals surface area contributed by atoms with E-state index in [2.05, 4.69) is 152 Å². The van der Waals surface area contributed by atoms with E-state index in [1.54, 1.807) is 0 Å². The molecule has 0 saturated carbocycles. The maximum atomic E-state index is 12.3. The fourth-order valence-corrected chi connectivity index (χ4v) is 5.02. The zero-order valence-electron chi connectivity index (χ0n) is 34.7. The van der Waals surface area contributed by atoms with Crippen LogP contribution in [0.5, 0.6) is 0 Å². The van der Waals surface area contributed by atoms with Gasteiger partial charge in [0.15, 0.2) is 0 Å². The molecule has 0 spiro atoms. The van der Waals surface area contributed by atoms with Crippen LogP contribution in [-0.2, 0) is 14.4 Å². The summed E-state index contributed by atoms with van der Waals surface area (Å²) in [5, 5.41) is 15.1. The number of amides is 2. The summed E-state index contributed by atoms with van der Waals surface area (Å²) in [7, 11) is 0. The molecule has 0 heterocycles. The third kappa shape index (κ3) is 40.5. The number of rotatable bonds is 35. The third-order valence-corrected chi connectivity index (χ3v) is 8.14. The van der Waals surface area contributed by atoms with E-state index < -0.39 is 12.0 Å². The monoisotopic (exact) mass is 767 g/mol. The number of nitrogens with one attached hydrogen (secondary N) is 2. The molecular formula is C50H74N2O4. The van der Waals surface area contributed by atoms with Crippen LogP contribution in [0.3, 0.4) is 0 Å². The number of allylic oxidation sites excluding steroid dienone is 24. The van der Waals surface area contributed by atoms with Crippen molar-refractivity contribution in [2.45, 2.75) is 142 Å². The maximum absolute atomic E-state index is 12.3. The summed E-state index contributed by atoms with van der Waals surface area (Å²) < 4.78 is 0. The molecule has 0 rings (SSSR count). The fraction of sp³-hybridized carbons (Fsp3) is 0.460. The molecule has 0 aliphatic rings. The SMILES string of the molecule is CCC=CCC=CCC=CCC=CCC=CCC=CCCC(=O)NCCCC[C@H](NC(=O)CCC=CCC=CCC=CCC=CCC=CCC=CCC)C(=O)O. The lowest BCUT2D eigenvalue weighted by Gasteiger charge is -2.14. The van der Waals surface area contributed by atoms with E-state index in [1.165, 1.54) is 0 Å². The van der Waals surface area contributed by atoms with E-state index in [-0.39, 0.29) is 18.2 Å². The van der Waals surface area contributed by atoms with E-state index in [0.717, 1.165) is 77.0 Å². The van der Waals surface area contributed by atoms with E-state index in [1.807, 2.05) is 18.2 Å². The molecule has 0 fully saturated rings. The zero-order valence-corrected chi connectivity index (χ0v) is 34.7. The van der Waals surface area contributed by atoms with Crippen LogP contribution in [0, 0.1) is 0 Å². The van der Waals surface area contributed by atoms with Gasteiger partial charge in [0.25, 0.3) is 0 Å². The number of aliphatic carboxylic acids is 1. The summed E-state index contributed by atoms with van der Waals surface area (Å²) in [5.41, 5.74) is 0. The minimum absolute atomic E-state index is 0.0120. The van der Waals surface area contributed by atoms with Crippen molar-refractivity contribution in [1.82, 2.24) is 10.6 Å². The number of carbonyl (C=O) groups is 3. The lowest BCUT2D eigenvalue weighted by atomic mass is 10.1. The van der Waals surface area contributed by atoms with Crippen molar-refractivity contribution in [1.29, 1.82) is 0 Å². The van der Waals surface area contributed by atoms with Crippen LogP contribution in [-0.4, -0.2) is 35.5 Å². The predicted molar refractivity (Wildman–Crippen MR) is 241 cm³/mol. The van der Waals surface area contributed by atoms with Gasteiger partial charge in [-0.05, 0) is 109 Å². The first-order chi connectivity index (χ1) is 27.5. The highest BCUT2D eigenvalue weighted by Crippen LogP contribution is 2.04. The minimum Gasteiger partial charge on any atom is -0.480 e. The molecule has 0 aromatic carbocycles. The van der Waals surface area contributed by atoms with E-state index >= 15 is 0 Å². The van der Waals surface area contributed by atoms with Crippen molar-refractivity contribution in [2.75, 3.05) is 6.54 Å². The molecule has 0 bridgehead atoms. The number of carboxylic acids is 1. The zero-order chi connectivity index (χ0) is 40.8. The Morgan fingerprint density at radius 2 is 0.732 bits per heavy atom. The first-order valence-electron chi connectivity index (χ1n) is 21.1. The van der Waals surface area contributed by atoms with Gasteiger partial charge in [-0.25, -0.2) is 4.79 Å². The Hall–Kier alpha value is -4.71. The van der Waals surface area contributed by atoms with Crippen LogP contribution >= 0.6 is 0 Å². The van der Waals surface area contributed by atoms with E-state index in [0.29, 0.717) is 45.1 Å². The van der Waals surface area contributed by atoms with Gasteiger partial charge in [0.1, 0.15) is 6.04 Å². The number of carboxylic acid groups (broad SMARTS) is 1. The standard InChI is InChI=1S/C50H74N2O4/c1-3-5-7-9-11-13-15-17-19-21-23-25-27-29-31-33-35-37-39-44-48(53)51-46-42-41-43-47(50(55)56)52-49(54)45-40-38-36-34-32-30-28-26-24-22-20-18-16-14-12-10-8-6-4-2/h5-8,11-14,17-20,23-26,29-32,35-38,47H,3-4,9-10,15-16,21-22,27-28,33-34,39-46H2,1-2H3,(H,51,53)(H,52,54)(H,55,56)/t47-/m0/s1. The Balaban J connectivity index is 3.90. The Kier molecular flexibility index (Phi) is 39.4. The quantitative estimate of drug-likeness (QED) is 0.0442. The first kappa shape index (κ1) is 51.3. The molecule has 308 valence electrons. The van der Waals surface area contributed by atoms with Gasteiger partial charge in [0, 0.05) is 19.4 Å². The van der Waals surface area contributed by atoms with Crippen molar-refractivity contribution in [3.63, 3.8) is 0 Å². The van der Waals surface area contributed by atoms with E-state index in [4.69, 9.17) is 0 Å². The van der Waals surface area contributed by atoms with Crippen molar-refractivity contribution in [3.05, 3.63) is 146 Å². The lowest BCUT2D eigenvalue weighted by Crippen LogP contribution is -2.40. The summed E-state index contributed by atoms with van der Waals surface area (Å²) in [5.74, 6) is -1.31. The van der Waals surface area contributed by atoms with Gasteiger partial charge < -0.3 is 15.7 Å². The highest BCUT2D eigenvalue weighted by atomic mass is 16.4. The Labute approximate surface area is 341 Å². The smallest absolute Gasteiger partial charge is 0.326 e. The van der Waals surface area contributed by atoms with Gasteiger partial charge in [0.05, 0.1) is 0 Å². The van der Waals surface area contributed by atoms with Crippen LogP contribution in [0.1, 0.15) is 136 Å². The second-order valence-electron chi connectivity index (χ2n) is 13.2. The minimum atomic E-state index is -1.03. The summed E-state index contributed by atoms with van der Waals surface area (Å²) >= 11 is 0. The lowest BCUT2D eigenvalue weighted by molar-refractivity contribution is -0.142. The highest BCUT2D eigenvalue weighted by molar-refractivity contribution is 5.83. The van der Waals surface area contributed by atoms with Crippen LogP contribution in [0.25, 0.3) is 0 Å². The molecule has 0 aromatic heterocycles. The highest BCUT2D eigenvalue weighted by Gasteiger charge is 2.18. The van der Waals surface area contributed by atoms with Gasteiger partial charge in [-0.1, -0.05) is 160 Å². The maximum Gasteiger partial charge on any atom is 0.326 e. The number of hydrogen-bond acceptors (Lipinski definition) is 3. The molecule has 0 aromatic rings. The Bertz CT molecular complexity index is 1350. The molecule has 6 heteroatoms. The number of carbonyl (C=O) groups excluding carboxylic acids is 2. The summed E-state index contributed by atoms with van der Waals surface area (Å²) in [6.45, 7) is 4.78. The van der Waals surface area contributed by atoms with Crippen LogP contribution in [0.4, 0.5) is 0 Å². The molecule has 1 atom stereocenters. The Morgan fingerprint density at radius 1 is 0.429 bits per heavy atom. The molecule has 0 radical (unpaired) electrons. The van der Waals surface area contributed by atoms with Gasteiger partial charge in [-0.15, -0.1) is 0 Å². The number of hydrogen-bond donors (Lipinski definition) is 3. The summed E-state index contributed by atoms with van der Waals surface area (Å²) in [4.78, 5) is 36.1. The molecule has 0 aliphatic heterocycles. The average molecular weight is 767 g/mol. The van der Waals surface area contributed by atoms with Crippen molar-refractivity contribution < 1.29 is 19.5 Å². The number of unbranched alkanes of at least 4 members (excludes halogenated alkanes) is 1. The molecular weight excluding hydrogens is 693 g/mol. The molecule has 0 unspecified atom stereocenters. The van der Waals surface area contributed by atoms with E-state index in [9.17, 15) is 19.5 Å². The first-order valence-corrected chi connectivity index (χ1v) is 21.1. The van der Waals surface area contributed by atoms with Gasteiger partial charge in [-0.2, -0.15) is 0 Å². The molecule has 2 amide bonds. The normalized spacial score (nSPS) is 13.6. The fourth-order valence-electron chi connectivity index (χ4n) is 5.02. The predicted octanol–water partition coefficient (Wildman–Crippen LogP) is 12.8.